The summed E-state index contributed by atoms with van der Waals surface area (Å²) in [7, 11) is 0. The topological polar surface area (TPSA) is 107 Å². The number of amides is 1. The lowest BCUT2D eigenvalue weighted by Gasteiger charge is -2.21. The van der Waals surface area contributed by atoms with Crippen LogP contribution in [0.3, 0.4) is 0 Å². The van der Waals surface area contributed by atoms with Gasteiger partial charge in [0.1, 0.15) is 12.1 Å². The number of aliphatic hydroxyl groups is 2. The van der Waals surface area contributed by atoms with Crippen LogP contribution in [0.1, 0.15) is 27.2 Å². The van der Waals surface area contributed by atoms with Crippen molar-refractivity contribution in [2.45, 2.75) is 44.9 Å². The first kappa shape index (κ1) is 13.9. The third kappa shape index (κ3) is 6.03. The summed E-state index contributed by atoms with van der Waals surface area (Å²) in [4.78, 5) is 21.6. The van der Waals surface area contributed by atoms with Crippen molar-refractivity contribution >= 4 is 11.9 Å². The summed E-state index contributed by atoms with van der Waals surface area (Å²) < 4.78 is 0. The first-order valence-electron chi connectivity index (χ1n) is 4.57. The van der Waals surface area contributed by atoms with Crippen molar-refractivity contribution < 1.29 is 24.9 Å². The molecule has 0 aliphatic carbocycles. The first-order valence-corrected chi connectivity index (χ1v) is 4.57. The average molecular weight is 219 g/mol. The second-order valence-electron chi connectivity index (χ2n) is 4.10. The molecule has 15 heavy (non-hydrogen) atoms. The Morgan fingerprint density at radius 3 is 2.20 bits per heavy atom. The third-order valence-corrected chi connectivity index (χ3v) is 1.72. The molecule has 0 radical (unpaired) electrons. The Kier molecular flexibility index (Phi) is 4.70. The van der Waals surface area contributed by atoms with E-state index in [9.17, 15) is 19.8 Å². The van der Waals surface area contributed by atoms with Crippen LogP contribution in [-0.2, 0) is 9.59 Å². The molecule has 1 amide bonds. The van der Waals surface area contributed by atoms with Crippen LogP contribution < -0.4 is 5.32 Å². The van der Waals surface area contributed by atoms with Crippen LogP contribution in [0, 0.1) is 0 Å². The van der Waals surface area contributed by atoms with E-state index in [0.29, 0.717) is 0 Å². The summed E-state index contributed by atoms with van der Waals surface area (Å²) in [6.07, 6.45) is -1.56. The van der Waals surface area contributed by atoms with Gasteiger partial charge in [-0.05, 0) is 20.8 Å². The van der Waals surface area contributed by atoms with Gasteiger partial charge in [-0.2, -0.15) is 0 Å². The molecule has 6 heteroatoms. The van der Waals surface area contributed by atoms with Crippen LogP contribution in [0.5, 0.6) is 0 Å². The smallest absolute Gasteiger partial charge is 0.325 e. The fourth-order valence-corrected chi connectivity index (χ4v) is 0.937. The van der Waals surface area contributed by atoms with E-state index in [0.717, 1.165) is 0 Å². The Morgan fingerprint density at radius 1 is 1.40 bits per heavy atom. The highest BCUT2D eigenvalue weighted by Crippen LogP contribution is 2.10. The zero-order chi connectivity index (χ0) is 12.2. The van der Waals surface area contributed by atoms with E-state index >= 15 is 0 Å². The van der Waals surface area contributed by atoms with E-state index in [1.807, 2.05) is 0 Å². The van der Waals surface area contributed by atoms with Gasteiger partial charge in [-0.25, -0.2) is 0 Å². The second-order valence-corrected chi connectivity index (χ2v) is 4.10. The Hall–Kier alpha value is -1.14. The quantitative estimate of drug-likeness (QED) is 0.479. The number of carboxylic acid groups (broad SMARTS) is 1. The molecule has 0 bridgehead atoms. The molecule has 0 rings (SSSR count). The number of hydrogen-bond acceptors (Lipinski definition) is 4. The number of aliphatic carboxylic acids is 1. The number of aliphatic hydroxyl groups excluding tert-OH is 1. The second kappa shape index (κ2) is 5.09. The van der Waals surface area contributed by atoms with Crippen molar-refractivity contribution in [1.29, 1.82) is 0 Å². The van der Waals surface area contributed by atoms with Gasteiger partial charge >= 0.3 is 5.97 Å². The first-order chi connectivity index (χ1) is 6.63. The Morgan fingerprint density at radius 2 is 1.87 bits per heavy atom. The van der Waals surface area contributed by atoms with Crippen LogP contribution in [0.15, 0.2) is 0 Å². The molecular formula is C9H17NO5. The molecular weight excluding hydrogens is 202 g/mol. The predicted molar refractivity (Wildman–Crippen MR) is 52.2 cm³/mol. The number of carboxylic acids is 1. The largest absolute Gasteiger partial charge is 0.480 e. The standard InChI is InChI=1S/C9H17NO5/c1-5(8(13)14)10-7(12)6(11)4-9(2,3)15/h5-6,11,15H,4H2,1-3H3,(H,10,12)(H,13,14)/t5-,6?/m0/s1. The fourth-order valence-electron chi connectivity index (χ4n) is 0.937. The van der Waals surface area contributed by atoms with E-state index < -0.39 is 29.6 Å². The minimum absolute atomic E-state index is 0.148. The maximum absolute atomic E-state index is 11.2. The van der Waals surface area contributed by atoms with Crippen molar-refractivity contribution in [3.8, 4) is 0 Å². The Labute approximate surface area is 87.9 Å². The normalized spacial score (nSPS) is 15.5. The molecule has 1 unspecified atom stereocenters. The summed E-state index contributed by atoms with van der Waals surface area (Å²) >= 11 is 0. The number of nitrogens with one attached hydrogen (secondary N) is 1. The van der Waals surface area contributed by atoms with Gasteiger partial charge in [0, 0.05) is 6.42 Å². The van der Waals surface area contributed by atoms with Gasteiger partial charge in [-0.15, -0.1) is 0 Å². The monoisotopic (exact) mass is 219 g/mol. The SMILES string of the molecule is C[C@H](NC(=O)C(O)CC(C)(C)O)C(=O)O. The highest BCUT2D eigenvalue weighted by Gasteiger charge is 2.26. The van der Waals surface area contributed by atoms with Crippen LogP contribution in [-0.4, -0.2) is 44.9 Å². The van der Waals surface area contributed by atoms with E-state index in [2.05, 4.69) is 5.32 Å². The average Bonchev–Trinajstić information content (AvgIpc) is 2.00. The molecule has 0 heterocycles. The van der Waals surface area contributed by atoms with E-state index in [1.54, 1.807) is 0 Å². The summed E-state index contributed by atoms with van der Waals surface area (Å²) in [5.41, 5.74) is -1.18. The highest BCUT2D eigenvalue weighted by atomic mass is 16.4. The van der Waals surface area contributed by atoms with Crippen LogP contribution in [0.2, 0.25) is 0 Å². The number of hydrogen-bond donors (Lipinski definition) is 4. The summed E-state index contributed by atoms with van der Waals surface area (Å²) in [6, 6.07) is -1.06. The molecule has 0 saturated carbocycles. The zero-order valence-electron chi connectivity index (χ0n) is 9.02. The van der Waals surface area contributed by atoms with Crippen molar-refractivity contribution in [2.75, 3.05) is 0 Å². The zero-order valence-corrected chi connectivity index (χ0v) is 9.02. The molecule has 0 saturated heterocycles. The number of rotatable bonds is 5. The van der Waals surface area contributed by atoms with Gasteiger partial charge < -0.3 is 20.6 Å². The van der Waals surface area contributed by atoms with Crippen molar-refractivity contribution in [1.82, 2.24) is 5.32 Å². The summed E-state index contributed by atoms with van der Waals surface area (Å²) in [5.74, 6) is -1.98. The van der Waals surface area contributed by atoms with Crippen LogP contribution in [0.4, 0.5) is 0 Å². The maximum atomic E-state index is 11.2. The third-order valence-electron chi connectivity index (χ3n) is 1.72. The predicted octanol–water partition coefficient (Wildman–Crippen LogP) is -0.902. The molecule has 0 fully saturated rings. The molecule has 6 nitrogen and oxygen atoms in total. The van der Waals surface area contributed by atoms with Crippen molar-refractivity contribution in [2.24, 2.45) is 0 Å². The fraction of sp³-hybridized carbons (Fsp3) is 0.778. The van der Waals surface area contributed by atoms with Gasteiger partial charge in [0.05, 0.1) is 5.60 Å². The lowest BCUT2D eigenvalue weighted by atomic mass is 10.0. The van der Waals surface area contributed by atoms with Crippen molar-refractivity contribution in [3.05, 3.63) is 0 Å². The minimum Gasteiger partial charge on any atom is -0.480 e. The molecule has 0 aromatic rings. The number of carbonyl (C=O) groups excluding carboxylic acids is 1. The molecule has 0 aliphatic rings. The lowest BCUT2D eigenvalue weighted by molar-refractivity contribution is -0.143. The molecule has 2 atom stereocenters. The van der Waals surface area contributed by atoms with Crippen LogP contribution in [0.25, 0.3) is 0 Å². The van der Waals surface area contributed by atoms with E-state index in [4.69, 9.17) is 5.11 Å². The number of carbonyl (C=O) groups is 2. The Balaban J connectivity index is 4.17. The summed E-state index contributed by atoms with van der Waals surface area (Å²) in [6.45, 7) is 4.19. The minimum atomic E-state index is -1.41. The van der Waals surface area contributed by atoms with Crippen LogP contribution >= 0.6 is 0 Å². The molecule has 0 aromatic heterocycles. The van der Waals surface area contributed by atoms with Crippen molar-refractivity contribution in [3.63, 3.8) is 0 Å². The summed E-state index contributed by atoms with van der Waals surface area (Å²) in [5, 5.41) is 29.2. The molecule has 0 spiro atoms. The molecule has 88 valence electrons. The van der Waals surface area contributed by atoms with Gasteiger partial charge in [0.25, 0.3) is 0 Å². The molecule has 4 N–H and O–H groups in total. The van der Waals surface area contributed by atoms with Gasteiger partial charge in [-0.1, -0.05) is 0 Å². The highest BCUT2D eigenvalue weighted by molar-refractivity contribution is 5.85. The molecule has 0 aliphatic heterocycles. The van der Waals surface area contributed by atoms with Gasteiger partial charge in [0.2, 0.25) is 5.91 Å². The Bertz CT molecular complexity index is 245. The van der Waals surface area contributed by atoms with Gasteiger partial charge in [-0.3, -0.25) is 9.59 Å². The lowest BCUT2D eigenvalue weighted by Crippen LogP contribution is -2.45. The molecule has 0 aromatic carbocycles. The maximum Gasteiger partial charge on any atom is 0.325 e. The van der Waals surface area contributed by atoms with Gasteiger partial charge in [0.15, 0.2) is 0 Å². The van der Waals surface area contributed by atoms with E-state index in [-0.39, 0.29) is 6.42 Å². The van der Waals surface area contributed by atoms with E-state index in [1.165, 1.54) is 20.8 Å².